The highest BCUT2D eigenvalue weighted by atomic mass is 32.2. The Balaban J connectivity index is 1.89. The van der Waals surface area contributed by atoms with Crippen molar-refractivity contribution in [1.29, 1.82) is 0 Å². The van der Waals surface area contributed by atoms with Gasteiger partial charge in [-0.2, -0.15) is 0 Å². The molecule has 0 aliphatic heterocycles. The van der Waals surface area contributed by atoms with Gasteiger partial charge in [-0.1, -0.05) is 34.4 Å². The maximum atomic E-state index is 5.76. The first-order chi connectivity index (χ1) is 8.84. The average molecular weight is 275 g/mol. The van der Waals surface area contributed by atoms with Gasteiger partial charge in [-0.3, -0.25) is 0 Å². The SMILES string of the molecule is Nc1snnc1CSc1ncnc2ccccc12. The second-order valence-electron chi connectivity index (χ2n) is 3.57. The lowest BCUT2D eigenvalue weighted by molar-refractivity contribution is 1.06. The minimum Gasteiger partial charge on any atom is -0.388 e. The van der Waals surface area contributed by atoms with Gasteiger partial charge in [-0.05, 0) is 6.07 Å². The molecule has 0 bridgehead atoms. The third-order valence-electron chi connectivity index (χ3n) is 2.44. The first-order valence-corrected chi connectivity index (χ1v) is 7.00. The normalized spacial score (nSPS) is 10.9. The topological polar surface area (TPSA) is 77.6 Å². The summed E-state index contributed by atoms with van der Waals surface area (Å²) in [4.78, 5) is 8.53. The molecule has 0 amide bonds. The van der Waals surface area contributed by atoms with Crippen molar-refractivity contribution in [2.24, 2.45) is 0 Å². The summed E-state index contributed by atoms with van der Waals surface area (Å²) in [6, 6.07) is 7.93. The number of hydrogen-bond acceptors (Lipinski definition) is 7. The first-order valence-electron chi connectivity index (χ1n) is 5.24. The molecular formula is C11H9N5S2. The number of hydrogen-bond donors (Lipinski definition) is 1. The van der Waals surface area contributed by atoms with E-state index in [1.54, 1.807) is 18.1 Å². The lowest BCUT2D eigenvalue weighted by Crippen LogP contribution is -1.91. The molecule has 0 aliphatic carbocycles. The lowest BCUT2D eigenvalue weighted by atomic mass is 10.2. The van der Waals surface area contributed by atoms with Crippen molar-refractivity contribution in [3.8, 4) is 0 Å². The van der Waals surface area contributed by atoms with E-state index < -0.39 is 0 Å². The number of nitrogen functional groups attached to an aromatic ring is 1. The fraction of sp³-hybridized carbons (Fsp3) is 0.0909. The molecule has 0 saturated heterocycles. The maximum absolute atomic E-state index is 5.76. The van der Waals surface area contributed by atoms with E-state index in [1.165, 1.54) is 11.5 Å². The maximum Gasteiger partial charge on any atom is 0.131 e. The van der Waals surface area contributed by atoms with Crippen LogP contribution in [0.1, 0.15) is 5.69 Å². The molecule has 90 valence electrons. The van der Waals surface area contributed by atoms with Gasteiger partial charge < -0.3 is 5.73 Å². The molecule has 1 aromatic carbocycles. The van der Waals surface area contributed by atoms with E-state index in [9.17, 15) is 0 Å². The second-order valence-corrected chi connectivity index (χ2v) is 5.32. The van der Waals surface area contributed by atoms with Crippen LogP contribution in [0.3, 0.4) is 0 Å². The quantitative estimate of drug-likeness (QED) is 0.584. The minimum atomic E-state index is 0.667. The molecule has 0 unspecified atom stereocenters. The monoisotopic (exact) mass is 275 g/mol. The van der Waals surface area contributed by atoms with E-state index >= 15 is 0 Å². The van der Waals surface area contributed by atoms with Gasteiger partial charge in [0.05, 0.1) is 5.52 Å². The minimum absolute atomic E-state index is 0.667. The molecule has 0 saturated carbocycles. The Labute approximate surface area is 112 Å². The lowest BCUT2D eigenvalue weighted by Gasteiger charge is -2.03. The fourth-order valence-corrected chi connectivity index (χ4v) is 3.02. The van der Waals surface area contributed by atoms with E-state index in [4.69, 9.17) is 5.73 Å². The number of para-hydroxylation sites is 1. The van der Waals surface area contributed by atoms with Crippen LogP contribution in [0.15, 0.2) is 35.6 Å². The van der Waals surface area contributed by atoms with Gasteiger partial charge in [-0.15, -0.1) is 5.10 Å². The Morgan fingerprint density at radius 2 is 2.11 bits per heavy atom. The molecule has 5 nitrogen and oxygen atoms in total. The molecule has 7 heteroatoms. The molecule has 3 aromatic rings. The molecule has 2 aromatic heterocycles. The Morgan fingerprint density at radius 1 is 1.22 bits per heavy atom. The van der Waals surface area contributed by atoms with Crippen LogP contribution < -0.4 is 5.73 Å². The molecule has 0 spiro atoms. The molecule has 18 heavy (non-hydrogen) atoms. The van der Waals surface area contributed by atoms with Gasteiger partial charge >= 0.3 is 0 Å². The Hall–Kier alpha value is -1.73. The van der Waals surface area contributed by atoms with Crippen molar-refractivity contribution in [1.82, 2.24) is 19.6 Å². The van der Waals surface area contributed by atoms with Crippen LogP contribution in [-0.2, 0) is 5.75 Å². The predicted octanol–water partition coefficient (Wildman–Crippen LogP) is 2.36. The summed E-state index contributed by atoms with van der Waals surface area (Å²) < 4.78 is 3.82. The fourth-order valence-electron chi connectivity index (χ4n) is 1.55. The number of nitrogens with two attached hydrogens (primary N) is 1. The van der Waals surface area contributed by atoms with E-state index in [1.807, 2.05) is 24.3 Å². The van der Waals surface area contributed by atoms with Crippen molar-refractivity contribution < 1.29 is 0 Å². The summed E-state index contributed by atoms with van der Waals surface area (Å²) in [5, 5.41) is 6.64. The largest absolute Gasteiger partial charge is 0.388 e. The van der Waals surface area contributed by atoms with Crippen molar-refractivity contribution in [3.63, 3.8) is 0 Å². The van der Waals surface area contributed by atoms with E-state index in [0.717, 1.165) is 21.6 Å². The average Bonchev–Trinajstić information content (AvgIpc) is 2.82. The van der Waals surface area contributed by atoms with Crippen LogP contribution >= 0.6 is 23.3 Å². The van der Waals surface area contributed by atoms with Crippen molar-refractivity contribution in [2.45, 2.75) is 10.8 Å². The standard InChI is InChI=1S/C11H9N5S2/c12-10-9(15-16-18-10)5-17-11-7-3-1-2-4-8(7)13-6-14-11/h1-4,6H,5,12H2. The van der Waals surface area contributed by atoms with Gasteiger partial charge in [0.15, 0.2) is 0 Å². The molecular weight excluding hydrogens is 266 g/mol. The number of anilines is 1. The number of aromatic nitrogens is 4. The molecule has 3 rings (SSSR count). The molecule has 0 radical (unpaired) electrons. The highest BCUT2D eigenvalue weighted by molar-refractivity contribution is 7.98. The second kappa shape index (κ2) is 4.87. The number of rotatable bonds is 3. The van der Waals surface area contributed by atoms with Gasteiger partial charge in [0.1, 0.15) is 22.0 Å². The number of benzene rings is 1. The zero-order valence-corrected chi connectivity index (χ0v) is 10.9. The summed E-state index contributed by atoms with van der Waals surface area (Å²) in [7, 11) is 0. The highest BCUT2D eigenvalue weighted by Crippen LogP contribution is 2.28. The predicted molar refractivity (Wildman–Crippen MR) is 73.4 cm³/mol. The van der Waals surface area contributed by atoms with Crippen LogP contribution in [-0.4, -0.2) is 19.6 Å². The van der Waals surface area contributed by atoms with Gasteiger partial charge in [-0.25, -0.2) is 9.97 Å². The molecule has 2 N–H and O–H groups in total. The highest BCUT2D eigenvalue weighted by Gasteiger charge is 2.08. The molecule has 0 atom stereocenters. The third-order valence-corrected chi connectivity index (χ3v) is 4.05. The first kappa shape index (κ1) is 11.4. The molecule has 0 fully saturated rings. The van der Waals surface area contributed by atoms with E-state index in [0.29, 0.717) is 10.8 Å². The summed E-state index contributed by atoms with van der Waals surface area (Å²) in [5.41, 5.74) is 7.52. The van der Waals surface area contributed by atoms with Crippen molar-refractivity contribution in [2.75, 3.05) is 5.73 Å². The Morgan fingerprint density at radius 3 is 2.94 bits per heavy atom. The van der Waals surface area contributed by atoms with Gasteiger partial charge in [0.2, 0.25) is 0 Å². The van der Waals surface area contributed by atoms with Gasteiger partial charge in [0, 0.05) is 22.7 Å². The van der Waals surface area contributed by atoms with Gasteiger partial charge in [0.25, 0.3) is 0 Å². The zero-order chi connectivity index (χ0) is 12.4. The van der Waals surface area contributed by atoms with Crippen LogP contribution in [0, 0.1) is 0 Å². The molecule has 0 aliphatic rings. The van der Waals surface area contributed by atoms with Crippen LogP contribution in [0.2, 0.25) is 0 Å². The number of fused-ring (bicyclic) bond motifs is 1. The number of nitrogens with zero attached hydrogens (tertiary/aromatic N) is 4. The summed E-state index contributed by atoms with van der Waals surface area (Å²) in [6.07, 6.45) is 1.58. The third kappa shape index (κ3) is 2.14. The Kier molecular flexibility index (Phi) is 3.07. The summed E-state index contributed by atoms with van der Waals surface area (Å²) in [5.74, 6) is 0.670. The van der Waals surface area contributed by atoms with Crippen LogP contribution in [0.5, 0.6) is 0 Å². The molecule has 2 heterocycles. The zero-order valence-electron chi connectivity index (χ0n) is 9.28. The number of thioether (sulfide) groups is 1. The smallest absolute Gasteiger partial charge is 0.131 e. The van der Waals surface area contributed by atoms with Crippen LogP contribution in [0.25, 0.3) is 10.9 Å². The van der Waals surface area contributed by atoms with E-state index in [2.05, 4.69) is 19.6 Å². The van der Waals surface area contributed by atoms with Crippen molar-refractivity contribution >= 4 is 39.2 Å². The van der Waals surface area contributed by atoms with Crippen molar-refractivity contribution in [3.05, 3.63) is 36.3 Å². The van der Waals surface area contributed by atoms with Crippen LogP contribution in [0.4, 0.5) is 5.00 Å². The summed E-state index contributed by atoms with van der Waals surface area (Å²) in [6.45, 7) is 0. The summed E-state index contributed by atoms with van der Waals surface area (Å²) >= 11 is 2.81. The Bertz CT molecular complexity index is 677. The van der Waals surface area contributed by atoms with E-state index in [-0.39, 0.29) is 0 Å².